The predicted octanol–water partition coefficient (Wildman–Crippen LogP) is 2.56. The van der Waals surface area contributed by atoms with Gasteiger partial charge in [0.05, 0.1) is 24.9 Å². The van der Waals surface area contributed by atoms with Crippen molar-refractivity contribution in [1.82, 2.24) is 0 Å². The van der Waals surface area contributed by atoms with Gasteiger partial charge in [-0.15, -0.1) is 0 Å². The summed E-state index contributed by atoms with van der Waals surface area (Å²) in [5.74, 6) is 0. The van der Waals surface area contributed by atoms with E-state index in [-0.39, 0.29) is 5.60 Å². The Labute approximate surface area is 111 Å². The van der Waals surface area contributed by atoms with Crippen molar-refractivity contribution >= 4 is 22.6 Å². The van der Waals surface area contributed by atoms with Crippen LogP contribution < -0.4 is 0 Å². The summed E-state index contributed by atoms with van der Waals surface area (Å²) in [7, 11) is 0. The molecule has 0 atom stereocenters. The van der Waals surface area contributed by atoms with Crippen LogP contribution in [-0.2, 0) is 14.2 Å². The Balaban J connectivity index is 1.61. The Morgan fingerprint density at radius 3 is 2.50 bits per heavy atom. The summed E-state index contributed by atoms with van der Waals surface area (Å²) < 4.78 is 18.2. The highest BCUT2D eigenvalue weighted by Crippen LogP contribution is 2.27. The van der Waals surface area contributed by atoms with Crippen molar-refractivity contribution in [2.45, 2.75) is 43.8 Å². The lowest BCUT2D eigenvalue weighted by Gasteiger charge is -2.36. The molecular weight excluding hydrogens is 319 g/mol. The fraction of sp³-hybridized carbons (Fsp3) is 1.00. The molecule has 2 fully saturated rings. The molecule has 0 aromatic carbocycles. The van der Waals surface area contributed by atoms with Gasteiger partial charge in [0.15, 0.2) is 0 Å². The smallest absolute Gasteiger partial charge is 0.0816 e. The minimum absolute atomic E-state index is 0.0573. The summed E-state index contributed by atoms with van der Waals surface area (Å²) in [6.45, 7) is 3.17. The lowest BCUT2D eigenvalue weighted by molar-refractivity contribution is -0.116. The van der Waals surface area contributed by atoms with Gasteiger partial charge in [0.25, 0.3) is 0 Å². The van der Waals surface area contributed by atoms with Gasteiger partial charge in [-0.2, -0.15) is 0 Å². The van der Waals surface area contributed by atoms with Crippen LogP contribution in [0.4, 0.5) is 0 Å². The van der Waals surface area contributed by atoms with Crippen molar-refractivity contribution in [3.8, 4) is 0 Å². The maximum absolute atomic E-state index is 6.03. The molecule has 4 heteroatoms. The monoisotopic (exact) mass is 340 g/mol. The van der Waals surface area contributed by atoms with E-state index < -0.39 is 0 Å². The summed E-state index contributed by atoms with van der Waals surface area (Å²) >= 11 is 2.42. The maximum Gasteiger partial charge on any atom is 0.0816 e. The molecule has 1 saturated heterocycles. The minimum atomic E-state index is 0.0573. The Bertz CT molecular complexity index is 200. The van der Waals surface area contributed by atoms with Gasteiger partial charge in [-0.3, -0.25) is 0 Å². The highest BCUT2D eigenvalue weighted by molar-refractivity contribution is 14.1. The number of hydrogen-bond donors (Lipinski definition) is 0. The topological polar surface area (TPSA) is 27.7 Å². The summed E-state index contributed by atoms with van der Waals surface area (Å²) in [4.78, 5) is 0. The quantitative estimate of drug-likeness (QED) is 0.423. The van der Waals surface area contributed by atoms with Gasteiger partial charge in [0.1, 0.15) is 0 Å². The normalized spacial score (nSPS) is 25.3. The zero-order valence-electron chi connectivity index (χ0n) is 9.75. The zero-order valence-corrected chi connectivity index (χ0v) is 11.9. The van der Waals surface area contributed by atoms with Gasteiger partial charge in [0.2, 0.25) is 0 Å². The van der Waals surface area contributed by atoms with Gasteiger partial charge in [-0.05, 0) is 19.3 Å². The third kappa shape index (κ3) is 3.55. The summed E-state index contributed by atoms with van der Waals surface area (Å²) in [5, 5.41) is 0. The molecule has 2 rings (SSSR count). The number of rotatable bonds is 6. The van der Waals surface area contributed by atoms with Crippen LogP contribution in [0.5, 0.6) is 0 Å². The van der Waals surface area contributed by atoms with Gasteiger partial charge in [0, 0.05) is 30.5 Å². The van der Waals surface area contributed by atoms with E-state index in [4.69, 9.17) is 14.2 Å². The Morgan fingerprint density at radius 2 is 1.94 bits per heavy atom. The maximum atomic E-state index is 6.03. The van der Waals surface area contributed by atoms with Crippen LogP contribution >= 0.6 is 22.6 Å². The molecule has 0 amide bonds. The molecule has 1 heterocycles. The van der Waals surface area contributed by atoms with E-state index in [1.54, 1.807) is 0 Å². The van der Waals surface area contributed by atoms with Gasteiger partial charge >= 0.3 is 0 Å². The molecule has 0 spiro atoms. The van der Waals surface area contributed by atoms with E-state index in [0.29, 0.717) is 6.10 Å². The molecule has 2 aliphatic rings. The first-order chi connectivity index (χ1) is 7.85. The second-order valence-electron chi connectivity index (χ2n) is 4.70. The SMILES string of the molecule is ICC1(OCCOC2CCC2)CCOCC1. The van der Waals surface area contributed by atoms with Crippen LogP contribution in [0.25, 0.3) is 0 Å². The van der Waals surface area contributed by atoms with Gasteiger partial charge in [-0.1, -0.05) is 22.6 Å². The van der Waals surface area contributed by atoms with Crippen molar-refractivity contribution in [1.29, 1.82) is 0 Å². The number of hydrogen-bond acceptors (Lipinski definition) is 3. The molecule has 1 aliphatic heterocycles. The fourth-order valence-electron chi connectivity index (χ4n) is 2.07. The number of halogens is 1. The molecule has 0 aromatic heterocycles. The Morgan fingerprint density at radius 1 is 1.19 bits per heavy atom. The van der Waals surface area contributed by atoms with Crippen LogP contribution in [0.15, 0.2) is 0 Å². The Kier molecular flexibility index (Phi) is 5.32. The summed E-state index contributed by atoms with van der Waals surface area (Å²) in [5.41, 5.74) is 0.0573. The van der Waals surface area contributed by atoms with Crippen molar-refractivity contribution < 1.29 is 14.2 Å². The van der Waals surface area contributed by atoms with Crippen LogP contribution in [0.1, 0.15) is 32.1 Å². The van der Waals surface area contributed by atoms with Crippen molar-refractivity contribution in [3.63, 3.8) is 0 Å². The van der Waals surface area contributed by atoms with Crippen LogP contribution in [0, 0.1) is 0 Å². The van der Waals surface area contributed by atoms with E-state index in [9.17, 15) is 0 Å². The van der Waals surface area contributed by atoms with Crippen LogP contribution in [0.3, 0.4) is 0 Å². The lowest BCUT2D eigenvalue weighted by Crippen LogP contribution is -2.41. The molecule has 0 unspecified atom stereocenters. The third-order valence-electron chi connectivity index (χ3n) is 3.54. The number of ether oxygens (including phenoxy) is 3. The predicted molar refractivity (Wildman–Crippen MR) is 71.2 cm³/mol. The molecule has 94 valence electrons. The van der Waals surface area contributed by atoms with Crippen molar-refractivity contribution in [2.75, 3.05) is 30.9 Å². The average Bonchev–Trinajstić information content (AvgIpc) is 2.28. The van der Waals surface area contributed by atoms with E-state index in [1.165, 1.54) is 19.3 Å². The van der Waals surface area contributed by atoms with Crippen LogP contribution in [-0.4, -0.2) is 42.6 Å². The van der Waals surface area contributed by atoms with Gasteiger partial charge < -0.3 is 14.2 Å². The van der Waals surface area contributed by atoms with Crippen molar-refractivity contribution in [2.24, 2.45) is 0 Å². The van der Waals surface area contributed by atoms with E-state index >= 15 is 0 Å². The zero-order chi connectivity index (χ0) is 11.3. The summed E-state index contributed by atoms with van der Waals surface area (Å²) in [6, 6.07) is 0. The molecule has 1 aliphatic carbocycles. The second-order valence-corrected chi connectivity index (χ2v) is 5.46. The van der Waals surface area contributed by atoms with E-state index in [0.717, 1.165) is 43.7 Å². The first-order valence-corrected chi connectivity index (χ1v) is 7.76. The second kappa shape index (κ2) is 6.52. The largest absolute Gasteiger partial charge is 0.381 e. The molecule has 1 saturated carbocycles. The first kappa shape index (κ1) is 13.1. The molecule has 0 aromatic rings. The standard InChI is InChI=1S/C12H21IO3/c13-10-12(4-6-14-7-5-12)16-9-8-15-11-2-1-3-11/h11H,1-10H2. The lowest BCUT2D eigenvalue weighted by atomic mass is 9.96. The highest BCUT2D eigenvalue weighted by Gasteiger charge is 2.32. The number of alkyl halides is 1. The fourth-order valence-corrected chi connectivity index (χ4v) is 3.05. The highest BCUT2D eigenvalue weighted by atomic mass is 127. The molecule has 16 heavy (non-hydrogen) atoms. The van der Waals surface area contributed by atoms with Crippen LogP contribution in [0.2, 0.25) is 0 Å². The molecule has 0 N–H and O–H groups in total. The van der Waals surface area contributed by atoms with Gasteiger partial charge in [-0.25, -0.2) is 0 Å². The van der Waals surface area contributed by atoms with Crippen molar-refractivity contribution in [3.05, 3.63) is 0 Å². The molecule has 3 nitrogen and oxygen atoms in total. The average molecular weight is 340 g/mol. The molecule has 0 bridgehead atoms. The molecule has 0 radical (unpaired) electrons. The Hall–Kier alpha value is 0.610. The van der Waals surface area contributed by atoms with E-state index in [2.05, 4.69) is 22.6 Å². The third-order valence-corrected chi connectivity index (χ3v) is 4.94. The summed E-state index contributed by atoms with van der Waals surface area (Å²) in [6.07, 6.45) is 6.39. The molecular formula is C12H21IO3. The first-order valence-electron chi connectivity index (χ1n) is 6.24. The minimum Gasteiger partial charge on any atom is -0.381 e. The van der Waals surface area contributed by atoms with E-state index in [1.807, 2.05) is 0 Å².